The molecule has 4 amide bonds. The number of para-hydroxylation sites is 1. The van der Waals surface area contributed by atoms with Gasteiger partial charge in [-0.3, -0.25) is 23.7 Å². The molecule has 54 heavy (non-hydrogen) atoms. The van der Waals surface area contributed by atoms with Crippen molar-refractivity contribution in [1.82, 2.24) is 29.8 Å². The van der Waals surface area contributed by atoms with Crippen LogP contribution in [0.5, 0.6) is 5.75 Å². The van der Waals surface area contributed by atoms with Crippen LogP contribution in [-0.2, 0) is 29.1 Å². The van der Waals surface area contributed by atoms with Gasteiger partial charge in [-0.2, -0.15) is 0 Å². The van der Waals surface area contributed by atoms with Crippen molar-refractivity contribution in [2.24, 2.45) is 11.3 Å². The predicted molar refractivity (Wildman–Crippen MR) is 202 cm³/mol. The molecule has 2 aliphatic carbocycles. The summed E-state index contributed by atoms with van der Waals surface area (Å²) in [5.41, 5.74) is -0.757. The number of fused-ring (bicyclic) bond motifs is 1. The molecule has 0 unspecified atom stereocenters. The summed E-state index contributed by atoms with van der Waals surface area (Å²) >= 11 is 0. The third-order valence-corrected chi connectivity index (χ3v) is 12.5. The van der Waals surface area contributed by atoms with E-state index in [4.69, 9.17) is 9.47 Å². The van der Waals surface area contributed by atoms with E-state index in [1.54, 1.807) is 60.9 Å². The second kappa shape index (κ2) is 13.7. The minimum absolute atomic E-state index is 0.0215. The summed E-state index contributed by atoms with van der Waals surface area (Å²) in [7, 11) is -4.00. The zero-order valence-corrected chi connectivity index (χ0v) is 32.7. The number of likely N-dealkylation sites (tertiary alicyclic amines) is 1. The first kappa shape index (κ1) is 38.8. The van der Waals surface area contributed by atoms with Crippen molar-refractivity contribution >= 4 is 44.9 Å². The number of nitrogens with zero attached hydrogens (tertiary/aromatic N) is 3. The average molecular weight is 763 g/mol. The Balaban J connectivity index is 1.29. The van der Waals surface area contributed by atoms with E-state index < -0.39 is 79.2 Å². The fraction of sp³-hybridized carbons (Fsp3) is 0.513. The lowest BCUT2D eigenvalue weighted by atomic mass is 9.85. The van der Waals surface area contributed by atoms with Gasteiger partial charge in [-0.05, 0) is 76.6 Å². The van der Waals surface area contributed by atoms with Crippen molar-refractivity contribution < 1.29 is 37.1 Å². The van der Waals surface area contributed by atoms with Crippen molar-refractivity contribution in [3.05, 3.63) is 67.5 Å². The SMILES string of the molecule is C=C[C@@H]1C[C@]1(NC(=O)[C@@H]1C[C@@H](Oc2ccc3ncn(-c4ccccc4)c3c2)CN1C(=O)[C@@H](NC(=O)OC(C)(C)C)C(C)(C)C)C(=O)NS(=O)(=O)C1(C)CC1. The fourth-order valence-corrected chi connectivity index (χ4v) is 8.09. The molecule has 290 valence electrons. The summed E-state index contributed by atoms with van der Waals surface area (Å²) < 4.78 is 41.1. The summed E-state index contributed by atoms with van der Waals surface area (Å²) in [5, 5.41) is 5.53. The van der Waals surface area contributed by atoms with Gasteiger partial charge in [0.25, 0.3) is 5.91 Å². The third kappa shape index (κ3) is 7.82. The summed E-state index contributed by atoms with van der Waals surface area (Å²) in [6.07, 6.45) is 2.80. The number of sulfonamides is 1. The molecule has 14 nitrogen and oxygen atoms in total. The third-order valence-electron chi connectivity index (χ3n) is 10.4. The summed E-state index contributed by atoms with van der Waals surface area (Å²) in [5.74, 6) is -2.09. The zero-order valence-electron chi connectivity index (χ0n) is 31.8. The molecular weight excluding hydrogens is 713 g/mol. The Morgan fingerprint density at radius 2 is 1.72 bits per heavy atom. The highest BCUT2D eigenvalue weighted by Crippen LogP contribution is 2.47. The lowest BCUT2D eigenvalue weighted by Crippen LogP contribution is -2.60. The number of hydrogen-bond acceptors (Lipinski definition) is 9. The lowest BCUT2D eigenvalue weighted by Gasteiger charge is -2.36. The summed E-state index contributed by atoms with van der Waals surface area (Å²) in [4.78, 5) is 61.3. The van der Waals surface area contributed by atoms with Crippen LogP contribution in [0.3, 0.4) is 0 Å². The van der Waals surface area contributed by atoms with E-state index in [-0.39, 0.29) is 19.4 Å². The molecule has 1 aromatic heterocycles. The second-order valence-corrected chi connectivity index (χ2v) is 19.1. The molecule has 3 N–H and O–H groups in total. The molecule has 3 aromatic rings. The van der Waals surface area contributed by atoms with Gasteiger partial charge in [0.15, 0.2) is 0 Å². The van der Waals surface area contributed by atoms with Gasteiger partial charge in [-0.15, -0.1) is 6.58 Å². The molecule has 6 rings (SSSR count). The van der Waals surface area contributed by atoms with Crippen LogP contribution in [0.15, 0.2) is 67.5 Å². The number of ether oxygens (including phenoxy) is 2. The molecule has 2 heterocycles. The van der Waals surface area contributed by atoms with Gasteiger partial charge in [0.1, 0.15) is 41.4 Å². The minimum Gasteiger partial charge on any atom is -0.488 e. The number of imidazole rings is 1. The molecule has 1 aliphatic heterocycles. The summed E-state index contributed by atoms with van der Waals surface area (Å²) in [6, 6.07) is 12.9. The maximum absolute atomic E-state index is 14.5. The van der Waals surface area contributed by atoms with Crippen LogP contribution in [-0.4, -0.2) is 87.3 Å². The molecule has 2 saturated carbocycles. The topological polar surface area (TPSA) is 178 Å². The van der Waals surface area contributed by atoms with E-state index in [0.717, 1.165) is 16.7 Å². The highest BCUT2D eigenvalue weighted by Gasteiger charge is 2.63. The van der Waals surface area contributed by atoms with Crippen LogP contribution in [0.1, 0.15) is 74.1 Å². The molecule has 0 spiro atoms. The Kier molecular flexibility index (Phi) is 9.87. The predicted octanol–water partition coefficient (Wildman–Crippen LogP) is 4.37. The van der Waals surface area contributed by atoms with Crippen LogP contribution in [0, 0.1) is 11.3 Å². The number of nitrogens with one attached hydrogen (secondary N) is 3. The van der Waals surface area contributed by atoms with Crippen molar-refractivity contribution in [3.8, 4) is 11.4 Å². The largest absolute Gasteiger partial charge is 0.488 e. The van der Waals surface area contributed by atoms with Crippen LogP contribution in [0.2, 0.25) is 0 Å². The van der Waals surface area contributed by atoms with E-state index in [2.05, 4.69) is 26.9 Å². The van der Waals surface area contributed by atoms with Crippen LogP contribution >= 0.6 is 0 Å². The van der Waals surface area contributed by atoms with Gasteiger partial charge < -0.3 is 25.0 Å². The van der Waals surface area contributed by atoms with E-state index >= 15 is 0 Å². The molecule has 2 aromatic carbocycles. The molecule has 3 fully saturated rings. The molecule has 1 saturated heterocycles. The molecule has 3 aliphatic rings. The monoisotopic (exact) mass is 762 g/mol. The first-order valence-corrected chi connectivity index (χ1v) is 19.7. The maximum Gasteiger partial charge on any atom is 0.408 e. The first-order valence-electron chi connectivity index (χ1n) is 18.2. The zero-order chi connectivity index (χ0) is 39.4. The second-order valence-electron chi connectivity index (χ2n) is 16.9. The number of aromatic nitrogens is 2. The number of rotatable bonds is 11. The number of hydrogen-bond donors (Lipinski definition) is 3. The Labute approximate surface area is 316 Å². The van der Waals surface area contributed by atoms with Crippen molar-refractivity contribution in [3.63, 3.8) is 0 Å². The van der Waals surface area contributed by atoms with Crippen LogP contribution in [0.25, 0.3) is 16.7 Å². The van der Waals surface area contributed by atoms with Crippen LogP contribution in [0.4, 0.5) is 4.79 Å². The Bertz CT molecular complexity index is 2080. The van der Waals surface area contributed by atoms with Crippen molar-refractivity contribution in [2.45, 2.75) is 108 Å². The number of benzene rings is 2. The van der Waals surface area contributed by atoms with Crippen molar-refractivity contribution in [1.29, 1.82) is 0 Å². The van der Waals surface area contributed by atoms with Gasteiger partial charge in [0.05, 0.1) is 22.3 Å². The van der Waals surface area contributed by atoms with Crippen molar-refractivity contribution in [2.75, 3.05) is 6.54 Å². The van der Waals surface area contributed by atoms with Gasteiger partial charge in [0, 0.05) is 24.1 Å². The molecule has 0 radical (unpaired) electrons. The number of carbonyl (C=O) groups is 4. The van der Waals surface area contributed by atoms with Gasteiger partial charge in [-0.1, -0.05) is 45.0 Å². The molecule has 15 heteroatoms. The Hall–Kier alpha value is -4.92. The highest BCUT2D eigenvalue weighted by molar-refractivity contribution is 7.91. The molecule has 0 bridgehead atoms. The lowest BCUT2D eigenvalue weighted by molar-refractivity contribution is -0.143. The highest BCUT2D eigenvalue weighted by atomic mass is 32.2. The maximum atomic E-state index is 14.5. The summed E-state index contributed by atoms with van der Waals surface area (Å²) in [6.45, 7) is 15.8. The molecule has 5 atom stereocenters. The van der Waals surface area contributed by atoms with Gasteiger partial charge >= 0.3 is 6.09 Å². The number of amides is 4. The van der Waals surface area contributed by atoms with E-state index in [1.165, 1.54) is 11.0 Å². The average Bonchev–Trinajstić information content (AvgIpc) is 3.90. The quantitative estimate of drug-likeness (QED) is 0.239. The standard InChI is InChI=1S/C39H50N6O8S/c1-9-24-21-39(24,34(48)43-54(50,51)38(8)17-18-38)42-32(46)30-20-27(22-44(30)33(47)31(36(2,3)4)41-35(49)53-37(5,6)7)52-26-15-16-28-29(19-26)45(23-40-28)25-13-11-10-12-14-25/h9-16,19,23-24,27,30-31H,1,17-18,20-22H2,2-8H3,(H,41,49)(H,42,46)(H,43,48)/t24-,27-,30+,31-,39-/m1/s1. The van der Waals surface area contributed by atoms with E-state index in [9.17, 15) is 27.6 Å². The van der Waals surface area contributed by atoms with Gasteiger partial charge in [-0.25, -0.2) is 18.2 Å². The Morgan fingerprint density at radius 3 is 2.31 bits per heavy atom. The number of alkyl carbamates (subject to hydrolysis) is 1. The smallest absolute Gasteiger partial charge is 0.408 e. The first-order chi connectivity index (χ1) is 25.2. The fourth-order valence-electron chi connectivity index (χ4n) is 6.78. The Morgan fingerprint density at radius 1 is 1.04 bits per heavy atom. The normalized spacial score (nSPS) is 23.9. The molecular formula is C39H50N6O8S. The number of carbonyl (C=O) groups excluding carboxylic acids is 4. The van der Waals surface area contributed by atoms with Crippen LogP contribution < -0.4 is 20.1 Å². The van der Waals surface area contributed by atoms with E-state index in [1.807, 2.05) is 47.0 Å². The minimum atomic E-state index is -4.00. The van der Waals surface area contributed by atoms with Gasteiger partial charge in [0.2, 0.25) is 21.8 Å². The van der Waals surface area contributed by atoms with E-state index in [0.29, 0.717) is 18.6 Å².